The van der Waals surface area contributed by atoms with Crippen molar-refractivity contribution < 1.29 is 19.1 Å². The molecule has 2 aromatic rings. The zero-order valence-electron chi connectivity index (χ0n) is 16.7. The van der Waals surface area contributed by atoms with E-state index in [9.17, 15) is 9.59 Å². The van der Waals surface area contributed by atoms with Crippen LogP contribution in [0.5, 0.6) is 0 Å². The predicted octanol–water partition coefficient (Wildman–Crippen LogP) is 4.65. The van der Waals surface area contributed by atoms with Crippen molar-refractivity contribution in [1.82, 2.24) is 0 Å². The van der Waals surface area contributed by atoms with Gasteiger partial charge in [-0.25, -0.2) is 9.59 Å². The van der Waals surface area contributed by atoms with E-state index >= 15 is 0 Å². The molecule has 154 valence electrons. The highest BCUT2D eigenvalue weighted by atomic mass is 32.1. The lowest BCUT2D eigenvalue weighted by molar-refractivity contribution is 0.0525. The third kappa shape index (κ3) is 4.94. The molecule has 0 aliphatic heterocycles. The number of fused-ring (bicyclic) bond motifs is 1. The van der Waals surface area contributed by atoms with E-state index in [4.69, 9.17) is 21.7 Å². The van der Waals surface area contributed by atoms with Crippen molar-refractivity contribution in [2.45, 2.75) is 33.1 Å². The molecule has 0 spiro atoms. The molecule has 29 heavy (non-hydrogen) atoms. The second-order valence-electron chi connectivity index (χ2n) is 6.92. The van der Waals surface area contributed by atoms with Gasteiger partial charge in [0.25, 0.3) is 0 Å². The van der Waals surface area contributed by atoms with E-state index in [1.54, 1.807) is 42.5 Å². The number of hydrogen-bond donors (Lipinski definition) is 2. The van der Waals surface area contributed by atoms with Crippen LogP contribution in [0.25, 0.3) is 0 Å². The second kappa shape index (κ2) is 9.37. The Labute approximate surface area is 179 Å². The monoisotopic (exact) mass is 432 g/mol. The molecule has 0 bridgehead atoms. The lowest BCUT2D eigenvalue weighted by atomic mass is 9.88. The fourth-order valence-corrected chi connectivity index (χ4v) is 5.01. The second-order valence-corrected chi connectivity index (χ2v) is 8.44. The third-order valence-electron chi connectivity index (χ3n) is 4.78. The first kappa shape index (κ1) is 21.3. The number of thiocarbonyl (C=S) groups is 1. The third-order valence-corrected chi connectivity index (χ3v) is 6.16. The molecule has 0 radical (unpaired) electrons. The fraction of sp³-hybridized carbons (Fsp3) is 0.381. The summed E-state index contributed by atoms with van der Waals surface area (Å²) in [7, 11) is 1.39. The topological polar surface area (TPSA) is 76.7 Å². The van der Waals surface area contributed by atoms with Gasteiger partial charge < -0.3 is 20.1 Å². The summed E-state index contributed by atoms with van der Waals surface area (Å²) in [5, 5.41) is 7.31. The van der Waals surface area contributed by atoms with Gasteiger partial charge in [-0.3, -0.25) is 0 Å². The number of methoxy groups -OCH3 is 1. The molecule has 0 amide bonds. The Morgan fingerprint density at radius 3 is 2.59 bits per heavy atom. The first-order valence-corrected chi connectivity index (χ1v) is 10.7. The van der Waals surface area contributed by atoms with Gasteiger partial charge in [0.2, 0.25) is 0 Å². The number of anilines is 2. The quantitative estimate of drug-likeness (QED) is 0.526. The van der Waals surface area contributed by atoms with Crippen LogP contribution in [0.2, 0.25) is 0 Å². The van der Waals surface area contributed by atoms with Gasteiger partial charge in [0.1, 0.15) is 5.00 Å². The molecule has 2 N–H and O–H groups in total. The standard InChI is InChI=1S/C21H24N2O4S2/c1-4-27-19(24)13-6-8-14(9-7-13)22-21(28)23-18-17(20(25)26-3)15-10-5-12(2)11-16(15)29-18/h6-9,12H,4-5,10-11H2,1-3H3,(H2,22,23,28). The Bertz CT molecular complexity index is 922. The van der Waals surface area contributed by atoms with Crippen molar-refractivity contribution in [2.75, 3.05) is 24.4 Å². The largest absolute Gasteiger partial charge is 0.465 e. The summed E-state index contributed by atoms with van der Waals surface area (Å²) < 4.78 is 9.99. The summed E-state index contributed by atoms with van der Waals surface area (Å²) >= 11 is 6.99. The molecule has 1 aliphatic carbocycles. The summed E-state index contributed by atoms with van der Waals surface area (Å²) in [6.07, 6.45) is 2.89. The molecule has 0 saturated heterocycles. The lowest BCUT2D eigenvalue weighted by Gasteiger charge is -2.18. The molecule has 1 heterocycles. The Morgan fingerprint density at radius 2 is 1.93 bits per heavy atom. The molecule has 1 aromatic carbocycles. The van der Waals surface area contributed by atoms with Gasteiger partial charge in [0.05, 0.1) is 24.8 Å². The molecule has 0 fully saturated rings. The van der Waals surface area contributed by atoms with Crippen LogP contribution in [-0.4, -0.2) is 30.8 Å². The highest BCUT2D eigenvalue weighted by molar-refractivity contribution is 7.80. The number of benzene rings is 1. The summed E-state index contributed by atoms with van der Waals surface area (Å²) in [4.78, 5) is 25.3. The number of ether oxygens (including phenoxy) is 2. The maximum atomic E-state index is 12.4. The SMILES string of the molecule is CCOC(=O)c1ccc(NC(=S)Nc2sc3c(c2C(=O)OC)CCC(C)C3)cc1. The molecule has 8 heteroatoms. The summed E-state index contributed by atoms with van der Waals surface area (Å²) in [6.45, 7) is 4.32. The van der Waals surface area contributed by atoms with Crippen molar-refractivity contribution in [2.24, 2.45) is 5.92 Å². The number of esters is 2. The maximum absolute atomic E-state index is 12.4. The summed E-state index contributed by atoms with van der Waals surface area (Å²) in [5.41, 5.74) is 2.86. The molecular formula is C21H24N2O4S2. The van der Waals surface area contributed by atoms with Crippen molar-refractivity contribution in [3.63, 3.8) is 0 Å². The van der Waals surface area contributed by atoms with E-state index in [1.165, 1.54) is 12.0 Å². The van der Waals surface area contributed by atoms with Crippen LogP contribution in [0, 0.1) is 5.92 Å². The normalized spacial score (nSPS) is 15.2. The van der Waals surface area contributed by atoms with Crippen molar-refractivity contribution in [1.29, 1.82) is 0 Å². The average Bonchev–Trinajstić information content (AvgIpc) is 3.04. The Kier molecular flexibility index (Phi) is 6.87. The lowest BCUT2D eigenvalue weighted by Crippen LogP contribution is -2.20. The van der Waals surface area contributed by atoms with Crippen molar-refractivity contribution in [3.8, 4) is 0 Å². The van der Waals surface area contributed by atoms with Gasteiger partial charge in [0, 0.05) is 10.6 Å². The van der Waals surface area contributed by atoms with Crippen LogP contribution in [0.3, 0.4) is 0 Å². The van der Waals surface area contributed by atoms with E-state index in [2.05, 4.69) is 17.6 Å². The van der Waals surface area contributed by atoms with Crippen molar-refractivity contribution in [3.05, 3.63) is 45.8 Å². The van der Waals surface area contributed by atoms with Gasteiger partial charge in [-0.05, 0) is 74.2 Å². The average molecular weight is 433 g/mol. The maximum Gasteiger partial charge on any atom is 0.341 e. The minimum Gasteiger partial charge on any atom is -0.465 e. The van der Waals surface area contributed by atoms with E-state index < -0.39 is 0 Å². The predicted molar refractivity (Wildman–Crippen MR) is 119 cm³/mol. The fourth-order valence-electron chi connectivity index (χ4n) is 3.33. The Balaban J connectivity index is 1.74. The smallest absolute Gasteiger partial charge is 0.341 e. The Hall–Kier alpha value is -2.45. The molecule has 1 atom stereocenters. The van der Waals surface area contributed by atoms with E-state index in [-0.39, 0.29) is 11.9 Å². The molecule has 6 nitrogen and oxygen atoms in total. The van der Waals surface area contributed by atoms with Gasteiger partial charge in [-0.2, -0.15) is 0 Å². The molecule has 1 unspecified atom stereocenters. The van der Waals surface area contributed by atoms with Crippen LogP contribution >= 0.6 is 23.6 Å². The highest BCUT2D eigenvalue weighted by Gasteiger charge is 2.28. The summed E-state index contributed by atoms with van der Waals surface area (Å²) in [6, 6.07) is 6.85. The highest BCUT2D eigenvalue weighted by Crippen LogP contribution is 2.40. The van der Waals surface area contributed by atoms with Crippen LogP contribution < -0.4 is 10.6 Å². The number of nitrogens with one attached hydrogen (secondary N) is 2. The molecule has 0 saturated carbocycles. The number of rotatable bonds is 5. The number of carbonyl (C=O) groups excluding carboxylic acids is 2. The van der Waals surface area contributed by atoms with Gasteiger partial charge in [-0.15, -0.1) is 11.3 Å². The van der Waals surface area contributed by atoms with Crippen LogP contribution in [0.15, 0.2) is 24.3 Å². The Morgan fingerprint density at radius 1 is 1.21 bits per heavy atom. The van der Waals surface area contributed by atoms with Crippen LogP contribution in [-0.2, 0) is 22.3 Å². The minimum absolute atomic E-state index is 0.332. The number of thiophene rings is 1. The number of carbonyl (C=O) groups is 2. The van der Waals surface area contributed by atoms with Gasteiger partial charge in [-0.1, -0.05) is 6.92 Å². The molecule has 3 rings (SSSR count). The van der Waals surface area contributed by atoms with E-state index in [1.807, 2.05) is 0 Å². The molecule has 1 aromatic heterocycles. The van der Waals surface area contributed by atoms with Gasteiger partial charge >= 0.3 is 11.9 Å². The van der Waals surface area contributed by atoms with E-state index in [0.29, 0.717) is 33.8 Å². The van der Waals surface area contributed by atoms with Gasteiger partial charge in [0.15, 0.2) is 5.11 Å². The zero-order chi connectivity index (χ0) is 21.0. The molecular weight excluding hydrogens is 408 g/mol. The zero-order valence-corrected chi connectivity index (χ0v) is 18.3. The summed E-state index contributed by atoms with van der Waals surface area (Å²) in [5.74, 6) is -0.107. The van der Waals surface area contributed by atoms with E-state index in [0.717, 1.165) is 30.5 Å². The molecule has 1 aliphatic rings. The van der Waals surface area contributed by atoms with Crippen LogP contribution in [0.1, 0.15) is 51.4 Å². The first-order chi connectivity index (χ1) is 13.9. The first-order valence-electron chi connectivity index (χ1n) is 9.51. The minimum atomic E-state index is -0.360. The van der Waals surface area contributed by atoms with Crippen LogP contribution in [0.4, 0.5) is 10.7 Å². The number of hydrogen-bond acceptors (Lipinski definition) is 6. The van der Waals surface area contributed by atoms with Crippen molar-refractivity contribution >= 4 is 51.3 Å².